The fourth-order valence-corrected chi connectivity index (χ4v) is 2.74. The SMILES string of the molecule is CC(C)c1ncsc1NC(=O)NCC(O)c1ccnn1C. The van der Waals surface area contributed by atoms with E-state index in [2.05, 4.69) is 20.7 Å². The third kappa shape index (κ3) is 3.79. The van der Waals surface area contributed by atoms with Gasteiger partial charge >= 0.3 is 6.03 Å². The Kier molecular flexibility index (Phi) is 4.92. The van der Waals surface area contributed by atoms with E-state index in [4.69, 9.17) is 0 Å². The summed E-state index contributed by atoms with van der Waals surface area (Å²) in [6.07, 6.45) is 0.805. The van der Waals surface area contributed by atoms with Crippen LogP contribution in [-0.2, 0) is 7.05 Å². The summed E-state index contributed by atoms with van der Waals surface area (Å²) in [5.41, 5.74) is 3.22. The van der Waals surface area contributed by atoms with Crippen molar-refractivity contribution in [3.8, 4) is 0 Å². The van der Waals surface area contributed by atoms with E-state index in [0.29, 0.717) is 5.69 Å². The Balaban J connectivity index is 1.88. The summed E-state index contributed by atoms with van der Waals surface area (Å²) in [6.45, 7) is 4.15. The molecule has 2 heterocycles. The van der Waals surface area contributed by atoms with Crippen molar-refractivity contribution in [2.45, 2.75) is 25.9 Å². The second-order valence-electron chi connectivity index (χ2n) is 4.95. The van der Waals surface area contributed by atoms with Crippen LogP contribution in [-0.4, -0.2) is 32.4 Å². The fourth-order valence-electron chi connectivity index (χ4n) is 1.91. The molecule has 0 fully saturated rings. The summed E-state index contributed by atoms with van der Waals surface area (Å²) >= 11 is 1.38. The summed E-state index contributed by atoms with van der Waals surface area (Å²) in [5.74, 6) is 0.242. The predicted molar refractivity (Wildman–Crippen MR) is 81.4 cm³/mol. The number of carbonyl (C=O) groups excluding carboxylic acids is 1. The van der Waals surface area contributed by atoms with Crippen LogP contribution in [0.5, 0.6) is 0 Å². The van der Waals surface area contributed by atoms with Crippen LogP contribution in [0.2, 0.25) is 0 Å². The first-order chi connectivity index (χ1) is 9.99. The Bertz CT molecular complexity index is 607. The Morgan fingerprint density at radius 1 is 1.52 bits per heavy atom. The van der Waals surface area contributed by atoms with Gasteiger partial charge in [0.25, 0.3) is 0 Å². The number of hydrogen-bond acceptors (Lipinski definition) is 5. The van der Waals surface area contributed by atoms with Crippen molar-refractivity contribution in [3.05, 3.63) is 29.2 Å². The number of aryl methyl sites for hydroxylation is 1. The third-order valence-corrected chi connectivity index (χ3v) is 3.78. The van der Waals surface area contributed by atoms with Gasteiger partial charge in [0.1, 0.15) is 11.1 Å². The Morgan fingerprint density at radius 3 is 2.90 bits per heavy atom. The van der Waals surface area contributed by atoms with Gasteiger partial charge < -0.3 is 10.4 Å². The van der Waals surface area contributed by atoms with E-state index < -0.39 is 6.10 Å². The zero-order valence-corrected chi connectivity index (χ0v) is 13.0. The van der Waals surface area contributed by atoms with Gasteiger partial charge in [0.2, 0.25) is 0 Å². The average Bonchev–Trinajstić information content (AvgIpc) is 3.04. The molecule has 0 aromatic carbocycles. The second kappa shape index (κ2) is 6.68. The van der Waals surface area contributed by atoms with E-state index in [-0.39, 0.29) is 18.5 Å². The van der Waals surface area contributed by atoms with Crippen LogP contribution in [0, 0.1) is 0 Å². The van der Waals surface area contributed by atoms with Crippen molar-refractivity contribution in [1.82, 2.24) is 20.1 Å². The van der Waals surface area contributed by atoms with Gasteiger partial charge in [-0.2, -0.15) is 5.10 Å². The second-order valence-corrected chi connectivity index (χ2v) is 5.81. The highest BCUT2D eigenvalue weighted by Crippen LogP contribution is 2.26. The maximum atomic E-state index is 11.9. The molecule has 2 rings (SSSR count). The van der Waals surface area contributed by atoms with Gasteiger partial charge in [0.15, 0.2) is 0 Å². The molecule has 21 heavy (non-hydrogen) atoms. The van der Waals surface area contributed by atoms with Crippen LogP contribution in [0.4, 0.5) is 9.80 Å². The number of rotatable bonds is 5. The zero-order valence-electron chi connectivity index (χ0n) is 12.2. The van der Waals surface area contributed by atoms with Gasteiger partial charge in [-0.25, -0.2) is 9.78 Å². The van der Waals surface area contributed by atoms with Crippen LogP contribution in [0.25, 0.3) is 0 Å². The largest absolute Gasteiger partial charge is 0.385 e. The molecule has 0 radical (unpaired) electrons. The van der Waals surface area contributed by atoms with Crippen LogP contribution < -0.4 is 10.6 Å². The molecular weight excluding hydrogens is 290 g/mol. The minimum Gasteiger partial charge on any atom is -0.385 e. The standard InChI is InChI=1S/C13H19N5O2S/c1-8(2)11-12(21-7-15-11)17-13(20)14-6-10(19)9-4-5-16-18(9)3/h4-5,7-8,10,19H,6H2,1-3H3,(H2,14,17,20). The van der Waals surface area contributed by atoms with E-state index in [1.54, 1.807) is 29.5 Å². The lowest BCUT2D eigenvalue weighted by Gasteiger charge is -2.13. The molecule has 1 atom stereocenters. The molecule has 0 spiro atoms. The highest BCUT2D eigenvalue weighted by atomic mass is 32.1. The summed E-state index contributed by atoms with van der Waals surface area (Å²) in [5, 5.41) is 20.1. The Labute approximate surface area is 127 Å². The van der Waals surface area contributed by atoms with E-state index >= 15 is 0 Å². The van der Waals surface area contributed by atoms with E-state index in [9.17, 15) is 9.90 Å². The predicted octanol–water partition coefficient (Wildman–Crippen LogP) is 1.86. The molecular formula is C13H19N5O2S. The number of anilines is 1. The number of amides is 2. The molecule has 0 saturated heterocycles. The number of nitrogens with zero attached hydrogens (tertiary/aromatic N) is 3. The first kappa shape index (κ1) is 15.5. The lowest BCUT2D eigenvalue weighted by molar-refractivity contribution is 0.166. The molecule has 2 aromatic rings. The molecule has 0 bridgehead atoms. The summed E-state index contributed by atoms with van der Waals surface area (Å²) in [4.78, 5) is 16.1. The van der Waals surface area contributed by atoms with Crippen LogP contribution in [0.1, 0.15) is 37.3 Å². The van der Waals surface area contributed by atoms with Crippen LogP contribution >= 0.6 is 11.3 Å². The molecule has 0 aliphatic rings. The van der Waals surface area contributed by atoms with Crippen molar-refractivity contribution in [1.29, 1.82) is 0 Å². The summed E-state index contributed by atoms with van der Waals surface area (Å²) in [7, 11) is 1.74. The van der Waals surface area contributed by atoms with Crippen molar-refractivity contribution in [3.63, 3.8) is 0 Å². The first-order valence-electron chi connectivity index (χ1n) is 6.63. The lowest BCUT2D eigenvalue weighted by atomic mass is 10.1. The quantitative estimate of drug-likeness (QED) is 0.786. The molecule has 2 amide bonds. The maximum absolute atomic E-state index is 11.9. The van der Waals surface area contributed by atoms with E-state index in [1.807, 2.05) is 13.8 Å². The van der Waals surface area contributed by atoms with Crippen LogP contribution in [0.15, 0.2) is 17.8 Å². The van der Waals surface area contributed by atoms with E-state index in [0.717, 1.165) is 10.7 Å². The number of aromatic nitrogens is 3. The summed E-state index contributed by atoms with van der Waals surface area (Å²) < 4.78 is 1.57. The molecule has 0 aliphatic carbocycles. The molecule has 1 unspecified atom stereocenters. The molecule has 3 N–H and O–H groups in total. The highest BCUT2D eigenvalue weighted by Gasteiger charge is 2.15. The number of thiazole rings is 1. The van der Waals surface area contributed by atoms with Crippen molar-refractivity contribution >= 4 is 22.4 Å². The molecule has 2 aromatic heterocycles. The highest BCUT2D eigenvalue weighted by molar-refractivity contribution is 7.14. The number of aliphatic hydroxyl groups is 1. The summed E-state index contributed by atoms with van der Waals surface area (Å²) in [6, 6.07) is 1.35. The minimum atomic E-state index is -0.797. The first-order valence-corrected chi connectivity index (χ1v) is 7.51. The van der Waals surface area contributed by atoms with Gasteiger partial charge in [-0.05, 0) is 12.0 Å². The molecule has 7 nitrogen and oxygen atoms in total. The third-order valence-electron chi connectivity index (χ3n) is 3.03. The molecule has 0 aliphatic heterocycles. The van der Waals surface area contributed by atoms with Gasteiger partial charge in [-0.15, -0.1) is 11.3 Å². The fraction of sp³-hybridized carbons (Fsp3) is 0.462. The van der Waals surface area contributed by atoms with Crippen molar-refractivity contribution in [2.75, 3.05) is 11.9 Å². The number of hydrogen-bond donors (Lipinski definition) is 3. The van der Waals surface area contributed by atoms with Gasteiger partial charge in [0.05, 0.1) is 23.4 Å². The smallest absolute Gasteiger partial charge is 0.320 e. The molecule has 0 saturated carbocycles. The zero-order chi connectivity index (χ0) is 15.4. The van der Waals surface area contributed by atoms with Gasteiger partial charge in [0, 0.05) is 13.2 Å². The number of carbonyl (C=O) groups is 1. The molecule has 114 valence electrons. The lowest BCUT2D eigenvalue weighted by Crippen LogP contribution is -2.33. The van der Waals surface area contributed by atoms with Crippen molar-refractivity contribution in [2.24, 2.45) is 7.05 Å². The van der Waals surface area contributed by atoms with Crippen LogP contribution in [0.3, 0.4) is 0 Å². The minimum absolute atomic E-state index is 0.112. The Morgan fingerprint density at radius 2 is 2.29 bits per heavy atom. The maximum Gasteiger partial charge on any atom is 0.320 e. The van der Waals surface area contributed by atoms with Gasteiger partial charge in [-0.3, -0.25) is 10.00 Å². The molecule has 8 heteroatoms. The normalized spacial score (nSPS) is 12.4. The monoisotopic (exact) mass is 309 g/mol. The number of aliphatic hydroxyl groups excluding tert-OH is 1. The van der Waals surface area contributed by atoms with Gasteiger partial charge in [-0.1, -0.05) is 13.8 Å². The number of nitrogens with one attached hydrogen (secondary N) is 2. The average molecular weight is 309 g/mol. The van der Waals surface area contributed by atoms with Crippen molar-refractivity contribution < 1.29 is 9.90 Å². The topological polar surface area (TPSA) is 92.1 Å². The Hall–Kier alpha value is -1.93. The van der Waals surface area contributed by atoms with E-state index in [1.165, 1.54) is 11.3 Å². The number of urea groups is 1.